The molecule has 0 aromatic rings. The molecule has 2 rings (SSSR count). The van der Waals surface area contributed by atoms with E-state index in [9.17, 15) is 0 Å². The van der Waals surface area contributed by atoms with E-state index < -0.39 is 0 Å². The van der Waals surface area contributed by atoms with Gasteiger partial charge in [0.15, 0.2) is 0 Å². The minimum Gasteiger partial charge on any atom is -0.306 e. The highest BCUT2D eigenvalue weighted by Crippen LogP contribution is 2.60. The Kier molecular flexibility index (Phi) is 1.31. The quantitative estimate of drug-likeness (QED) is 0.563. The second kappa shape index (κ2) is 1.97. The molecule has 2 fully saturated rings. The first-order valence-electron chi connectivity index (χ1n) is 4.45. The van der Waals surface area contributed by atoms with Crippen LogP contribution in [0.2, 0.25) is 0 Å². The van der Waals surface area contributed by atoms with E-state index in [0.29, 0.717) is 0 Å². The van der Waals surface area contributed by atoms with Gasteiger partial charge in [-0.25, -0.2) is 0 Å². The molecule has 58 valence electrons. The monoisotopic (exact) mass is 139 g/mol. The molecule has 0 radical (unpaired) electrons. The molecule has 2 atom stereocenters. The van der Waals surface area contributed by atoms with E-state index in [4.69, 9.17) is 0 Å². The van der Waals surface area contributed by atoms with E-state index in [-0.39, 0.29) is 0 Å². The van der Waals surface area contributed by atoms with Gasteiger partial charge in [-0.15, -0.1) is 0 Å². The van der Waals surface area contributed by atoms with Crippen LogP contribution in [-0.2, 0) is 0 Å². The van der Waals surface area contributed by atoms with Crippen LogP contribution in [0.15, 0.2) is 0 Å². The summed E-state index contributed by atoms with van der Waals surface area (Å²) in [4.78, 5) is 2.49. The number of rotatable bonds is 2. The second-order valence-electron chi connectivity index (χ2n) is 4.21. The molecule has 1 saturated carbocycles. The first-order valence-corrected chi connectivity index (χ1v) is 4.45. The minimum atomic E-state index is 0.809. The van der Waals surface area contributed by atoms with Gasteiger partial charge in [0.05, 0.1) is 0 Å². The molecule has 0 amide bonds. The molecular weight excluding hydrogens is 122 g/mol. The van der Waals surface area contributed by atoms with E-state index in [1.165, 1.54) is 32.4 Å². The molecular formula is C9H17N. The molecule has 1 saturated heterocycles. The van der Waals surface area contributed by atoms with E-state index in [0.717, 1.165) is 11.3 Å². The van der Waals surface area contributed by atoms with Crippen molar-refractivity contribution >= 4 is 0 Å². The fourth-order valence-corrected chi connectivity index (χ4v) is 2.75. The summed E-state index contributed by atoms with van der Waals surface area (Å²) in [5.74, 6) is 1.08. The van der Waals surface area contributed by atoms with Crippen LogP contribution in [0, 0.1) is 11.3 Å². The summed E-state index contributed by atoms with van der Waals surface area (Å²) in [5, 5.41) is 0. The first kappa shape index (κ1) is 6.66. The van der Waals surface area contributed by atoms with Gasteiger partial charge in [-0.3, -0.25) is 0 Å². The van der Waals surface area contributed by atoms with Gasteiger partial charge < -0.3 is 4.90 Å². The SMILES string of the molecule is CCCC12CC1CN(C)C2. The van der Waals surface area contributed by atoms with Crippen molar-refractivity contribution in [2.75, 3.05) is 20.1 Å². The maximum Gasteiger partial charge on any atom is 0.00383 e. The number of hydrogen-bond acceptors (Lipinski definition) is 1. The highest BCUT2D eigenvalue weighted by atomic mass is 15.2. The predicted octanol–water partition coefficient (Wildman–Crippen LogP) is 1.74. The van der Waals surface area contributed by atoms with E-state index in [1.807, 2.05) is 0 Å². The van der Waals surface area contributed by atoms with Gasteiger partial charge >= 0.3 is 0 Å². The second-order valence-corrected chi connectivity index (χ2v) is 4.21. The first-order chi connectivity index (χ1) is 4.77. The van der Waals surface area contributed by atoms with Gasteiger partial charge in [0.2, 0.25) is 0 Å². The number of nitrogens with zero attached hydrogens (tertiary/aromatic N) is 1. The zero-order valence-electron chi connectivity index (χ0n) is 7.06. The lowest BCUT2D eigenvalue weighted by molar-refractivity contribution is 0.325. The highest BCUT2D eigenvalue weighted by molar-refractivity contribution is 5.09. The van der Waals surface area contributed by atoms with Crippen molar-refractivity contribution in [2.45, 2.75) is 26.2 Å². The van der Waals surface area contributed by atoms with Gasteiger partial charge in [-0.05, 0) is 31.2 Å². The van der Waals surface area contributed by atoms with Crippen LogP contribution in [0.3, 0.4) is 0 Å². The molecule has 0 spiro atoms. The maximum absolute atomic E-state index is 2.49. The molecule has 1 heteroatoms. The van der Waals surface area contributed by atoms with Crippen LogP contribution in [0.1, 0.15) is 26.2 Å². The van der Waals surface area contributed by atoms with E-state index in [2.05, 4.69) is 18.9 Å². The van der Waals surface area contributed by atoms with Crippen molar-refractivity contribution in [2.24, 2.45) is 11.3 Å². The highest BCUT2D eigenvalue weighted by Gasteiger charge is 2.57. The van der Waals surface area contributed by atoms with Crippen LogP contribution in [-0.4, -0.2) is 25.0 Å². The van der Waals surface area contributed by atoms with E-state index in [1.54, 1.807) is 0 Å². The van der Waals surface area contributed by atoms with Crippen molar-refractivity contribution in [1.29, 1.82) is 0 Å². The smallest absolute Gasteiger partial charge is 0.00383 e. The topological polar surface area (TPSA) is 3.24 Å². The number of fused-ring (bicyclic) bond motifs is 1. The lowest BCUT2D eigenvalue weighted by atomic mass is 10.0. The van der Waals surface area contributed by atoms with Crippen LogP contribution in [0.5, 0.6) is 0 Å². The van der Waals surface area contributed by atoms with Crippen LogP contribution in [0.25, 0.3) is 0 Å². The molecule has 0 N–H and O–H groups in total. The Morgan fingerprint density at radius 1 is 1.60 bits per heavy atom. The summed E-state index contributed by atoms with van der Waals surface area (Å²) in [6, 6.07) is 0. The molecule has 10 heavy (non-hydrogen) atoms. The summed E-state index contributed by atoms with van der Waals surface area (Å²) in [6.07, 6.45) is 4.39. The Balaban J connectivity index is 1.95. The zero-order valence-corrected chi connectivity index (χ0v) is 7.06. The Bertz CT molecular complexity index is 144. The summed E-state index contributed by atoms with van der Waals surface area (Å²) >= 11 is 0. The standard InChI is InChI=1S/C9H17N/c1-3-4-9-5-8(9)6-10(2)7-9/h8H,3-7H2,1-2H3. The third kappa shape index (κ3) is 0.800. The number of hydrogen-bond donors (Lipinski definition) is 0. The van der Waals surface area contributed by atoms with Gasteiger partial charge in [-0.2, -0.15) is 0 Å². The lowest BCUT2D eigenvalue weighted by Gasteiger charge is -2.14. The Hall–Kier alpha value is -0.0400. The number of likely N-dealkylation sites (tertiary alicyclic amines) is 1. The van der Waals surface area contributed by atoms with Crippen molar-refractivity contribution in [1.82, 2.24) is 4.90 Å². The maximum atomic E-state index is 2.49. The van der Waals surface area contributed by atoms with Crippen LogP contribution < -0.4 is 0 Å². The van der Waals surface area contributed by atoms with Crippen LogP contribution >= 0.6 is 0 Å². The van der Waals surface area contributed by atoms with Gasteiger partial charge in [0.1, 0.15) is 0 Å². The fraction of sp³-hybridized carbons (Fsp3) is 1.00. The fourth-order valence-electron chi connectivity index (χ4n) is 2.75. The molecule has 1 aliphatic heterocycles. The van der Waals surface area contributed by atoms with Crippen molar-refractivity contribution in [3.8, 4) is 0 Å². The van der Waals surface area contributed by atoms with Gasteiger partial charge in [0, 0.05) is 13.1 Å². The average Bonchev–Trinajstić information content (AvgIpc) is 2.36. The summed E-state index contributed by atoms with van der Waals surface area (Å²) in [7, 11) is 2.25. The molecule has 0 aromatic carbocycles. The summed E-state index contributed by atoms with van der Waals surface area (Å²) in [5.41, 5.74) is 0.809. The Morgan fingerprint density at radius 3 is 2.90 bits per heavy atom. The Morgan fingerprint density at radius 2 is 2.40 bits per heavy atom. The molecule has 1 nitrogen and oxygen atoms in total. The lowest BCUT2D eigenvalue weighted by Crippen LogP contribution is -2.19. The predicted molar refractivity (Wildman–Crippen MR) is 42.9 cm³/mol. The summed E-state index contributed by atoms with van der Waals surface area (Å²) in [6.45, 7) is 5.06. The van der Waals surface area contributed by atoms with Crippen molar-refractivity contribution < 1.29 is 0 Å². The van der Waals surface area contributed by atoms with Gasteiger partial charge in [0.25, 0.3) is 0 Å². The largest absolute Gasteiger partial charge is 0.306 e. The average molecular weight is 139 g/mol. The molecule has 0 bridgehead atoms. The normalized spacial score (nSPS) is 45.6. The van der Waals surface area contributed by atoms with Crippen molar-refractivity contribution in [3.63, 3.8) is 0 Å². The third-order valence-electron chi connectivity index (χ3n) is 3.22. The number of piperidine rings is 1. The third-order valence-corrected chi connectivity index (χ3v) is 3.22. The molecule has 2 aliphatic rings. The van der Waals surface area contributed by atoms with Crippen LogP contribution in [0.4, 0.5) is 0 Å². The van der Waals surface area contributed by atoms with E-state index >= 15 is 0 Å². The minimum absolute atomic E-state index is 0.809. The van der Waals surface area contributed by atoms with Gasteiger partial charge in [-0.1, -0.05) is 13.3 Å². The summed E-state index contributed by atoms with van der Waals surface area (Å²) < 4.78 is 0. The Labute approximate surface area is 63.4 Å². The molecule has 2 unspecified atom stereocenters. The van der Waals surface area contributed by atoms with Crippen molar-refractivity contribution in [3.05, 3.63) is 0 Å². The molecule has 1 aliphatic carbocycles. The zero-order chi connectivity index (χ0) is 7.19. The molecule has 1 heterocycles. The molecule has 0 aromatic heterocycles.